The predicted octanol–water partition coefficient (Wildman–Crippen LogP) is 1.68. The van der Waals surface area contributed by atoms with E-state index in [4.69, 9.17) is 0 Å². The van der Waals surface area contributed by atoms with Crippen molar-refractivity contribution in [3.63, 3.8) is 0 Å². The Balaban J connectivity index is 2.25. The molecule has 18 heavy (non-hydrogen) atoms. The van der Waals surface area contributed by atoms with Crippen molar-refractivity contribution in [3.05, 3.63) is 0 Å². The van der Waals surface area contributed by atoms with Crippen LogP contribution in [0.5, 0.6) is 0 Å². The molecule has 1 saturated carbocycles. The number of hydrogen-bond acceptors (Lipinski definition) is 2. The van der Waals surface area contributed by atoms with Crippen molar-refractivity contribution in [2.45, 2.75) is 46.6 Å². The molecule has 0 atom stereocenters. The third-order valence-corrected chi connectivity index (χ3v) is 3.12. The van der Waals surface area contributed by atoms with Crippen LogP contribution in [0, 0.1) is 5.92 Å². The van der Waals surface area contributed by atoms with Crippen LogP contribution in [-0.4, -0.2) is 49.6 Å². The van der Waals surface area contributed by atoms with E-state index in [2.05, 4.69) is 48.2 Å². The van der Waals surface area contributed by atoms with Crippen LogP contribution < -0.4 is 10.6 Å². The molecular weight excluding hydrogens is 224 g/mol. The van der Waals surface area contributed by atoms with E-state index >= 15 is 0 Å². The van der Waals surface area contributed by atoms with E-state index < -0.39 is 0 Å². The van der Waals surface area contributed by atoms with E-state index in [1.165, 1.54) is 12.8 Å². The Morgan fingerprint density at radius 3 is 2.50 bits per heavy atom. The molecular formula is C14H30N4. The Morgan fingerprint density at radius 2 is 2.00 bits per heavy atom. The summed E-state index contributed by atoms with van der Waals surface area (Å²) in [6.45, 7) is 13.8. The molecule has 2 N–H and O–H groups in total. The summed E-state index contributed by atoms with van der Waals surface area (Å²) in [5, 5.41) is 6.72. The van der Waals surface area contributed by atoms with Crippen LogP contribution in [0.2, 0.25) is 0 Å². The van der Waals surface area contributed by atoms with Gasteiger partial charge in [0.15, 0.2) is 5.96 Å². The van der Waals surface area contributed by atoms with Crippen molar-refractivity contribution in [1.82, 2.24) is 15.5 Å². The summed E-state index contributed by atoms with van der Waals surface area (Å²) in [5.74, 6) is 1.57. The molecule has 0 amide bonds. The molecule has 1 rings (SSSR count). The molecule has 1 aliphatic rings. The molecule has 0 aromatic rings. The van der Waals surface area contributed by atoms with Crippen LogP contribution >= 0.6 is 0 Å². The Bertz CT molecular complexity index is 246. The van der Waals surface area contributed by atoms with Crippen LogP contribution in [0.25, 0.3) is 0 Å². The van der Waals surface area contributed by atoms with Crippen molar-refractivity contribution < 1.29 is 0 Å². The molecule has 0 bridgehead atoms. The molecule has 0 aromatic heterocycles. The summed E-state index contributed by atoms with van der Waals surface area (Å²) in [6.07, 6.45) is 2.77. The van der Waals surface area contributed by atoms with Gasteiger partial charge in [0.05, 0.1) is 0 Å². The Hall–Kier alpha value is -0.770. The normalized spacial score (nSPS) is 16.4. The van der Waals surface area contributed by atoms with Crippen LogP contribution in [0.4, 0.5) is 0 Å². The van der Waals surface area contributed by atoms with Crippen molar-refractivity contribution in [2.24, 2.45) is 10.9 Å². The standard InChI is InChI=1S/C14H30N4/c1-5-15-14(17-11-12(3)4)16-9-10-18(6-2)13-7-8-13/h12-13H,5-11H2,1-4H3,(H2,15,16,17). The minimum Gasteiger partial charge on any atom is -0.357 e. The smallest absolute Gasteiger partial charge is 0.191 e. The van der Waals surface area contributed by atoms with Gasteiger partial charge >= 0.3 is 0 Å². The molecule has 0 saturated heterocycles. The van der Waals surface area contributed by atoms with Crippen molar-refractivity contribution in [3.8, 4) is 0 Å². The van der Waals surface area contributed by atoms with Gasteiger partial charge in [-0.15, -0.1) is 0 Å². The van der Waals surface area contributed by atoms with E-state index in [-0.39, 0.29) is 0 Å². The third kappa shape index (κ3) is 6.24. The molecule has 1 aliphatic carbocycles. The lowest BCUT2D eigenvalue weighted by Gasteiger charge is -2.20. The van der Waals surface area contributed by atoms with Gasteiger partial charge in [0.2, 0.25) is 0 Å². The minimum absolute atomic E-state index is 0.610. The van der Waals surface area contributed by atoms with E-state index in [0.29, 0.717) is 5.92 Å². The van der Waals surface area contributed by atoms with Gasteiger partial charge in [-0.05, 0) is 32.2 Å². The SMILES string of the molecule is CCNC(=NCC(C)C)NCCN(CC)C1CC1. The van der Waals surface area contributed by atoms with E-state index in [9.17, 15) is 0 Å². The third-order valence-electron chi connectivity index (χ3n) is 3.12. The summed E-state index contributed by atoms with van der Waals surface area (Å²) in [5.41, 5.74) is 0. The van der Waals surface area contributed by atoms with Crippen LogP contribution in [0.3, 0.4) is 0 Å². The molecule has 0 aliphatic heterocycles. The molecule has 106 valence electrons. The predicted molar refractivity (Wildman–Crippen MR) is 79.1 cm³/mol. The molecule has 0 heterocycles. The van der Waals surface area contributed by atoms with E-state index in [1.807, 2.05) is 0 Å². The highest BCUT2D eigenvalue weighted by atomic mass is 15.2. The first kappa shape index (κ1) is 15.3. The largest absolute Gasteiger partial charge is 0.357 e. The first-order valence-corrected chi connectivity index (χ1v) is 7.43. The summed E-state index contributed by atoms with van der Waals surface area (Å²) in [7, 11) is 0. The monoisotopic (exact) mass is 254 g/mol. The Morgan fingerprint density at radius 1 is 1.28 bits per heavy atom. The van der Waals surface area contributed by atoms with Crippen molar-refractivity contribution >= 4 is 5.96 Å². The van der Waals surface area contributed by atoms with Gasteiger partial charge in [-0.3, -0.25) is 9.89 Å². The molecule has 0 unspecified atom stereocenters. The maximum absolute atomic E-state index is 4.57. The molecule has 1 fully saturated rings. The van der Waals surface area contributed by atoms with Gasteiger partial charge < -0.3 is 10.6 Å². The fourth-order valence-electron chi connectivity index (χ4n) is 1.97. The van der Waals surface area contributed by atoms with Crippen LogP contribution in [0.15, 0.2) is 4.99 Å². The molecule has 0 radical (unpaired) electrons. The first-order chi connectivity index (χ1) is 8.67. The molecule has 0 spiro atoms. The second-order valence-electron chi connectivity index (χ2n) is 5.40. The minimum atomic E-state index is 0.610. The van der Waals surface area contributed by atoms with Gasteiger partial charge in [0.1, 0.15) is 0 Å². The number of aliphatic imine (C=N–C) groups is 1. The van der Waals surface area contributed by atoms with Gasteiger partial charge in [0.25, 0.3) is 0 Å². The fraction of sp³-hybridized carbons (Fsp3) is 0.929. The van der Waals surface area contributed by atoms with Crippen molar-refractivity contribution in [2.75, 3.05) is 32.7 Å². The van der Waals surface area contributed by atoms with E-state index in [1.54, 1.807) is 0 Å². The van der Waals surface area contributed by atoms with Crippen LogP contribution in [0.1, 0.15) is 40.5 Å². The highest BCUT2D eigenvalue weighted by Crippen LogP contribution is 2.25. The zero-order chi connectivity index (χ0) is 13.4. The maximum Gasteiger partial charge on any atom is 0.191 e. The maximum atomic E-state index is 4.57. The number of guanidine groups is 1. The number of rotatable bonds is 8. The highest BCUT2D eigenvalue weighted by Gasteiger charge is 2.27. The van der Waals surface area contributed by atoms with Gasteiger partial charge in [-0.2, -0.15) is 0 Å². The molecule has 4 heteroatoms. The van der Waals surface area contributed by atoms with Gasteiger partial charge in [-0.25, -0.2) is 0 Å². The fourth-order valence-corrected chi connectivity index (χ4v) is 1.97. The number of nitrogens with one attached hydrogen (secondary N) is 2. The molecule has 0 aromatic carbocycles. The summed E-state index contributed by atoms with van der Waals surface area (Å²) in [4.78, 5) is 7.13. The topological polar surface area (TPSA) is 39.7 Å². The lowest BCUT2D eigenvalue weighted by Crippen LogP contribution is -2.42. The highest BCUT2D eigenvalue weighted by molar-refractivity contribution is 5.79. The van der Waals surface area contributed by atoms with Crippen molar-refractivity contribution in [1.29, 1.82) is 0 Å². The van der Waals surface area contributed by atoms with E-state index in [0.717, 1.165) is 44.7 Å². The second-order valence-corrected chi connectivity index (χ2v) is 5.40. The average Bonchev–Trinajstić information content (AvgIpc) is 3.15. The Kier molecular flexibility index (Phi) is 7.09. The molecule has 4 nitrogen and oxygen atoms in total. The number of hydrogen-bond donors (Lipinski definition) is 2. The number of likely N-dealkylation sites (N-methyl/N-ethyl adjacent to an activating group) is 1. The first-order valence-electron chi connectivity index (χ1n) is 7.43. The van der Waals surface area contributed by atoms with Crippen LogP contribution in [-0.2, 0) is 0 Å². The average molecular weight is 254 g/mol. The summed E-state index contributed by atoms with van der Waals surface area (Å²) < 4.78 is 0. The number of nitrogens with zero attached hydrogens (tertiary/aromatic N) is 2. The lowest BCUT2D eigenvalue weighted by molar-refractivity contribution is 0.282. The summed E-state index contributed by atoms with van der Waals surface area (Å²) in [6, 6.07) is 0.854. The zero-order valence-corrected chi connectivity index (χ0v) is 12.5. The van der Waals surface area contributed by atoms with Gasteiger partial charge in [-0.1, -0.05) is 20.8 Å². The lowest BCUT2D eigenvalue weighted by atomic mass is 10.2. The van der Waals surface area contributed by atoms with Gasteiger partial charge in [0, 0.05) is 32.2 Å². The quantitative estimate of drug-likeness (QED) is 0.511. The summed E-state index contributed by atoms with van der Waals surface area (Å²) >= 11 is 0. The Labute approximate surface area is 112 Å². The second kappa shape index (κ2) is 8.35. The zero-order valence-electron chi connectivity index (χ0n) is 12.5.